The molecule has 0 N–H and O–H groups in total. The van der Waals surface area contributed by atoms with Crippen LogP contribution < -0.4 is 26.6 Å². The highest BCUT2D eigenvalue weighted by Crippen LogP contribution is 2.51. The van der Waals surface area contributed by atoms with Gasteiger partial charge < -0.3 is 18.6 Å². The van der Waals surface area contributed by atoms with Gasteiger partial charge in [-0.15, -0.1) is 0 Å². The number of fused-ring (bicyclic) bond motifs is 12. The first-order valence-corrected chi connectivity index (χ1v) is 19.4. The van der Waals surface area contributed by atoms with Gasteiger partial charge in [0.15, 0.2) is 0 Å². The van der Waals surface area contributed by atoms with E-state index in [2.05, 4.69) is 191 Å². The molecule has 0 radical (unpaired) electrons. The van der Waals surface area contributed by atoms with Crippen molar-refractivity contribution in [3.63, 3.8) is 0 Å². The first-order chi connectivity index (χ1) is 26.6. The molecule has 0 bridgehead atoms. The van der Waals surface area contributed by atoms with Crippen molar-refractivity contribution >= 4 is 101 Å². The van der Waals surface area contributed by atoms with Crippen LogP contribution >= 0.6 is 0 Å². The smallest absolute Gasteiger partial charge is 0.342 e. The summed E-state index contributed by atoms with van der Waals surface area (Å²) in [6, 6.07) is 51.0. The van der Waals surface area contributed by atoms with Gasteiger partial charge in [0.2, 0.25) is 0 Å². The summed E-state index contributed by atoms with van der Waals surface area (Å²) in [5.41, 5.74) is 14.0. The Balaban J connectivity index is 1.31. The van der Waals surface area contributed by atoms with Crippen molar-refractivity contribution < 1.29 is 8.83 Å². The summed E-state index contributed by atoms with van der Waals surface area (Å²) in [5.74, 6) is 0. The summed E-state index contributed by atoms with van der Waals surface area (Å²) >= 11 is 0. The van der Waals surface area contributed by atoms with E-state index >= 15 is 0 Å². The van der Waals surface area contributed by atoms with Crippen molar-refractivity contribution in [1.82, 2.24) is 0 Å². The van der Waals surface area contributed by atoms with E-state index in [0.717, 1.165) is 67.4 Å². The quantitative estimate of drug-likeness (QED) is 0.167. The van der Waals surface area contributed by atoms with Gasteiger partial charge in [0, 0.05) is 27.8 Å². The van der Waals surface area contributed by atoms with E-state index in [-0.39, 0.29) is 17.5 Å². The van der Waals surface area contributed by atoms with Crippen molar-refractivity contribution in [2.75, 3.05) is 9.80 Å². The lowest BCUT2D eigenvalue weighted by molar-refractivity contribution is 0.590. The zero-order valence-corrected chi connectivity index (χ0v) is 32.1. The highest BCUT2D eigenvalue weighted by Gasteiger charge is 2.50. The molecule has 0 saturated heterocycles. The fraction of sp³-hybridized carbons (Fsp3) is 0.160. The Bertz CT molecular complexity index is 3010. The van der Waals surface area contributed by atoms with E-state index in [1.807, 2.05) is 0 Å². The van der Waals surface area contributed by atoms with Gasteiger partial charge in [-0.1, -0.05) is 133 Å². The summed E-state index contributed by atoms with van der Waals surface area (Å²) in [6.45, 7) is 13.3. The average molecular weight is 713 g/mol. The van der Waals surface area contributed by atoms with Crippen molar-refractivity contribution in [3.05, 3.63) is 151 Å². The molecule has 2 aliphatic heterocycles. The molecule has 0 atom stereocenters. The van der Waals surface area contributed by atoms with Crippen LogP contribution in [0.4, 0.5) is 34.1 Å². The van der Waals surface area contributed by atoms with Crippen LogP contribution in [0.25, 0.3) is 43.5 Å². The number of para-hydroxylation sites is 1. The van der Waals surface area contributed by atoms with Crippen LogP contribution in [-0.2, 0) is 10.8 Å². The van der Waals surface area contributed by atoms with Crippen molar-refractivity contribution in [1.29, 1.82) is 0 Å². The molecular formula is C50H41BN2O2. The Hall–Kier alpha value is -6.20. The van der Waals surface area contributed by atoms with Gasteiger partial charge in [-0.3, -0.25) is 0 Å². The average Bonchev–Trinajstić information content (AvgIpc) is 3.77. The molecule has 0 spiro atoms. The number of anilines is 6. The van der Waals surface area contributed by atoms with Gasteiger partial charge in [0.1, 0.15) is 22.5 Å². The molecule has 5 heteroatoms. The van der Waals surface area contributed by atoms with E-state index in [9.17, 15) is 0 Å². The molecule has 0 amide bonds. The predicted molar refractivity (Wildman–Crippen MR) is 232 cm³/mol. The van der Waals surface area contributed by atoms with Gasteiger partial charge in [0.25, 0.3) is 0 Å². The Labute approximate surface area is 321 Å². The summed E-state index contributed by atoms with van der Waals surface area (Å²) < 4.78 is 14.3. The molecule has 0 aliphatic carbocycles. The third-order valence-electron chi connectivity index (χ3n) is 11.9. The summed E-state index contributed by atoms with van der Waals surface area (Å²) in [7, 11) is 0. The number of nitrogens with zero attached hydrogens (tertiary/aromatic N) is 2. The lowest BCUT2D eigenvalue weighted by Crippen LogP contribution is -2.60. The zero-order valence-electron chi connectivity index (χ0n) is 32.1. The van der Waals surface area contributed by atoms with Crippen molar-refractivity contribution in [2.24, 2.45) is 0 Å². The number of hydrogen-bond acceptors (Lipinski definition) is 4. The molecular weight excluding hydrogens is 671 g/mol. The maximum Gasteiger partial charge on any atom is 0.342 e. The maximum atomic E-state index is 7.22. The van der Waals surface area contributed by atoms with Crippen LogP contribution in [-0.4, -0.2) is 6.71 Å². The minimum Gasteiger partial charge on any atom is -0.468 e. The highest BCUT2D eigenvalue weighted by atomic mass is 16.3. The summed E-state index contributed by atoms with van der Waals surface area (Å²) in [4.78, 5) is 4.94. The van der Waals surface area contributed by atoms with E-state index in [4.69, 9.17) is 8.83 Å². The maximum absolute atomic E-state index is 7.22. The second-order valence-corrected chi connectivity index (χ2v) is 17.4. The molecule has 9 aromatic rings. The SMILES string of the molecule is CC(C)(C)c1ccc(N2c3cc4ccccc4c4c3B(c3oc5ccccc5c32)c2oc3ccc5ccccc5c3c2N4c2ccc(C(C)(C)C)cc2)cc1. The van der Waals surface area contributed by atoms with Gasteiger partial charge in [-0.05, 0) is 92.1 Å². The molecule has 11 rings (SSSR count). The highest BCUT2D eigenvalue weighted by molar-refractivity contribution is 6.99. The van der Waals surface area contributed by atoms with Crippen molar-refractivity contribution in [3.8, 4) is 0 Å². The molecule has 2 aliphatic rings. The summed E-state index contributed by atoms with van der Waals surface area (Å²) in [5, 5.41) is 6.93. The van der Waals surface area contributed by atoms with Crippen LogP contribution in [0.1, 0.15) is 52.7 Å². The van der Waals surface area contributed by atoms with Crippen LogP contribution in [0.3, 0.4) is 0 Å². The van der Waals surface area contributed by atoms with Gasteiger partial charge >= 0.3 is 6.71 Å². The Kier molecular flexibility index (Phi) is 6.55. The van der Waals surface area contributed by atoms with E-state index in [1.54, 1.807) is 0 Å². The number of rotatable bonds is 2. The zero-order chi connectivity index (χ0) is 37.4. The Morgan fingerprint density at radius 3 is 1.67 bits per heavy atom. The fourth-order valence-corrected chi connectivity index (χ4v) is 9.17. The van der Waals surface area contributed by atoms with Gasteiger partial charge in [0.05, 0.1) is 22.4 Å². The number of hydrogen-bond donors (Lipinski definition) is 0. The minimum atomic E-state index is -0.284. The van der Waals surface area contributed by atoms with E-state index in [1.165, 1.54) is 38.1 Å². The van der Waals surface area contributed by atoms with E-state index in [0.29, 0.717) is 0 Å². The molecule has 2 aromatic heterocycles. The lowest BCUT2D eigenvalue weighted by Gasteiger charge is -2.41. The molecule has 4 nitrogen and oxygen atoms in total. The van der Waals surface area contributed by atoms with Crippen LogP contribution in [0, 0.1) is 0 Å². The summed E-state index contributed by atoms with van der Waals surface area (Å²) in [6.07, 6.45) is 0. The predicted octanol–water partition coefficient (Wildman–Crippen LogP) is 12.2. The van der Waals surface area contributed by atoms with Crippen LogP contribution in [0.2, 0.25) is 0 Å². The molecule has 7 aromatic carbocycles. The molecule has 55 heavy (non-hydrogen) atoms. The topological polar surface area (TPSA) is 32.8 Å². The molecule has 4 heterocycles. The second kappa shape index (κ2) is 11.2. The standard InChI is InChI=1S/C50H41BN2O2/c1-49(2,3)32-20-24-34(25-21-32)52-39-29-31-14-8-10-16-37(31)44-43(39)51(47-45(52)38-17-11-12-18-40(38)54-47)48-46(53(44)35-26-22-33(23-27-35)50(4,5)6)42-36-15-9-7-13-30(36)19-28-41(42)55-48/h7-29H,1-6H3. The first kappa shape index (κ1) is 32.3. The normalized spacial score (nSPS) is 13.9. The first-order valence-electron chi connectivity index (χ1n) is 19.4. The van der Waals surface area contributed by atoms with Crippen LogP contribution in [0.5, 0.6) is 0 Å². The van der Waals surface area contributed by atoms with Crippen molar-refractivity contribution in [2.45, 2.75) is 52.4 Å². The van der Waals surface area contributed by atoms with Crippen LogP contribution in [0.15, 0.2) is 148 Å². The largest absolute Gasteiger partial charge is 0.468 e. The molecule has 0 saturated carbocycles. The monoisotopic (exact) mass is 712 g/mol. The fourth-order valence-electron chi connectivity index (χ4n) is 9.17. The van der Waals surface area contributed by atoms with Gasteiger partial charge in [-0.2, -0.15) is 0 Å². The second-order valence-electron chi connectivity index (χ2n) is 17.4. The molecule has 266 valence electrons. The minimum absolute atomic E-state index is 0.0224. The third-order valence-corrected chi connectivity index (χ3v) is 11.9. The molecule has 0 fully saturated rings. The third kappa shape index (κ3) is 4.59. The number of furan rings is 2. The van der Waals surface area contributed by atoms with Gasteiger partial charge in [-0.25, -0.2) is 0 Å². The molecule has 0 unspecified atom stereocenters. The number of benzene rings is 7. The Morgan fingerprint density at radius 2 is 1.00 bits per heavy atom. The Morgan fingerprint density at radius 1 is 0.455 bits per heavy atom. The van der Waals surface area contributed by atoms with E-state index < -0.39 is 0 Å². The lowest BCUT2D eigenvalue weighted by atomic mass is 9.37.